The van der Waals surface area contributed by atoms with Gasteiger partial charge in [-0.3, -0.25) is 4.98 Å². The fourth-order valence-electron chi connectivity index (χ4n) is 2.22. The summed E-state index contributed by atoms with van der Waals surface area (Å²) in [4.78, 5) is 25.0. The predicted octanol–water partition coefficient (Wildman–Crippen LogP) is 3.51. The van der Waals surface area contributed by atoms with Gasteiger partial charge in [-0.2, -0.15) is 0 Å². The van der Waals surface area contributed by atoms with Crippen molar-refractivity contribution in [3.05, 3.63) is 35.0 Å². The molecular weight excluding hydrogens is 376 g/mol. The number of pyridine rings is 1. The SMILES string of the molecule is COC(=O)c1csc2cnc(CCSc3nc(N)cc(SC)n3)cc12. The summed E-state index contributed by atoms with van der Waals surface area (Å²) in [5.74, 6) is 0.922. The van der Waals surface area contributed by atoms with E-state index >= 15 is 0 Å². The summed E-state index contributed by atoms with van der Waals surface area (Å²) < 4.78 is 5.80. The zero-order valence-electron chi connectivity index (χ0n) is 13.7. The van der Waals surface area contributed by atoms with Crippen molar-refractivity contribution in [1.82, 2.24) is 15.0 Å². The number of fused-ring (bicyclic) bond motifs is 1. The monoisotopic (exact) mass is 392 g/mol. The van der Waals surface area contributed by atoms with Crippen LogP contribution in [0.25, 0.3) is 10.1 Å². The Morgan fingerprint density at radius 2 is 2.20 bits per heavy atom. The van der Waals surface area contributed by atoms with Crippen molar-refractivity contribution in [2.45, 2.75) is 16.6 Å². The molecule has 0 aliphatic rings. The quantitative estimate of drug-likeness (QED) is 0.295. The Morgan fingerprint density at radius 3 is 2.96 bits per heavy atom. The average molecular weight is 393 g/mol. The second kappa shape index (κ2) is 8.03. The molecule has 0 aliphatic carbocycles. The lowest BCUT2D eigenvalue weighted by Crippen LogP contribution is -2.00. The molecule has 0 amide bonds. The van der Waals surface area contributed by atoms with Gasteiger partial charge in [-0.15, -0.1) is 23.1 Å². The van der Waals surface area contributed by atoms with Crippen molar-refractivity contribution in [3.8, 4) is 0 Å². The molecule has 0 saturated carbocycles. The van der Waals surface area contributed by atoms with Gasteiger partial charge in [-0.05, 0) is 18.7 Å². The van der Waals surface area contributed by atoms with Gasteiger partial charge in [0, 0.05) is 34.5 Å². The number of nitrogens with two attached hydrogens (primary N) is 1. The van der Waals surface area contributed by atoms with E-state index in [0.29, 0.717) is 16.5 Å². The first-order valence-electron chi connectivity index (χ1n) is 7.36. The zero-order chi connectivity index (χ0) is 17.8. The number of rotatable bonds is 6. The third-order valence-corrected chi connectivity index (χ3v) is 5.83. The average Bonchev–Trinajstić information content (AvgIpc) is 3.04. The molecule has 0 bridgehead atoms. The van der Waals surface area contributed by atoms with Gasteiger partial charge < -0.3 is 10.5 Å². The first kappa shape index (κ1) is 18.0. The fraction of sp³-hybridized carbons (Fsp3) is 0.250. The molecule has 0 atom stereocenters. The van der Waals surface area contributed by atoms with Gasteiger partial charge in [-0.1, -0.05) is 11.8 Å². The minimum absolute atomic E-state index is 0.324. The van der Waals surface area contributed by atoms with Gasteiger partial charge in [-0.25, -0.2) is 14.8 Å². The minimum atomic E-state index is -0.324. The normalized spacial score (nSPS) is 11.0. The molecule has 130 valence electrons. The van der Waals surface area contributed by atoms with E-state index in [2.05, 4.69) is 15.0 Å². The molecule has 0 spiro atoms. The van der Waals surface area contributed by atoms with Gasteiger partial charge in [0.25, 0.3) is 0 Å². The lowest BCUT2D eigenvalue weighted by molar-refractivity contribution is 0.0603. The van der Waals surface area contributed by atoms with E-state index in [1.54, 1.807) is 17.6 Å². The number of nitrogen functional groups attached to an aromatic ring is 1. The van der Waals surface area contributed by atoms with Crippen LogP contribution in [0.1, 0.15) is 16.1 Å². The van der Waals surface area contributed by atoms with Gasteiger partial charge in [0.1, 0.15) is 10.8 Å². The minimum Gasteiger partial charge on any atom is -0.465 e. The van der Waals surface area contributed by atoms with Crippen LogP contribution in [0, 0.1) is 0 Å². The summed E-state index contributed by atoms with van der Waals surface area (Å²) in [7, 11) is 1.39. The molecular formula is C16H16N4O2S3. The van der Waals surface area contributed by atoms with Crippen LogP contribution in [0.4, 0.5) is 5.82 Å². The lowest BCUT2D eigenvalue weighted by atomic mass is 10.1. The number of thioether (sulfide) groups is 2. The molecule has 9 heteroatoms. The van der Waals surface area contributed by atoms with E-state index in [9.17, 15) is 4.79 Å². The number of methoxy groups -OCH3 is 1. The molecule has 0 unspecified atom stereocenters. The first-order valence-corrected chi connectivity index (χ1v) is 10.5. The predicted molar refractivity (Wildman–Crippen MR) is 104 cm³/mol. The number of nitrogens with zero attached hydrogens (tertiary/aromatic N) is 3. The number of hydrogen-bond donors (Lipinski definition) is 1. The van der Waals surface area contributed by atoms with Crippen LogP contribution >= 0.6 is 34.9 Å². The van der Waals surface area contributed by atoms with Gasteiger partial charge in [0.15, 0.2) is 5.16 Å². The highest BCUT2D eigenvalue weighted by Gasteiger charge is 2.13. The second-order valence-corrected chi connectivity index (χ2v) is 7.83. The standard InChI is InChI=1S/C16H16N4O2S3/c1-22-15(21)11-8-25-12-7-18-9(5-10(11)12)3-4-24-16-19-13(17)6-14(20-16)23-2/h5-8H,3-4H2,1-2H3,(H2,17,19,20). The highest BCUT2D eigenvalue weighted by atomic mass is 32.2. The van der Waals surface area contributed by atoms with Crippen molar-refractivity contribution in [1.29, 1.82) is 0 Å². The molecule has 6 nitrogen and oxygen atoms in total. The Morgan fingerprint density at radius 1 is 1.36 bits per heavy atom. The molecule has 3 rings (SSSR count). The van der Waals surface area contributed by atoms with E-state index in [0.717, 1.165) is 33.0 Å². The third-order valence-electron chi connectivity index (χ3n) is 3.42. The number of aromatic nitrogens is 3. The third kappa shape index (κ3) is 4.23. The lowest BCUT2D eigenvalue weighted by Gasteiger charge is -2.04. The molecule has 3 heterocycles. The highest BCUT2D eigenvalue weighted by molar-refractivity contribution is 7.99. The Hall–Kier alpha value is -1.84. The van der Waals surface area contributed by atoms with Crippen LogP contribution in [0.3, 0.4) is 0 Å². The van der Waals surface area contributed by atoms with Crippen molar-refractivity contribution in [2.75, 3.05) is 24.9 Å². The van der Waals surface area contributed by atoms with Crippen molar-refractivity contribution in [2.24, 2.45) is 0 Å². The van der Waals surface area contributed by atoms with Crippen LogP contribution in [-0.4, -0.2) is 40.0 Å². The molecule has 2 N–H and O–H groups in total. The molecule has 3 aromatic heterocycles. The fourth-order valence-corrected chi connectivity index (χ4v) is 4.40. The van der Waals surface area contributed by atoms with E-state index in [1.807, 2.05) is 12.3 Å². The Labute approximate surface area is 157 Å². The molecule has 25 heavy (non-hydrogen) atoms. The summed E-state index contributed by atoms with van der Waals surface area (Å²) in [6, 6.07) is 3.71. The van der Waals surface area contributed by atoms with Crippen LogP contribution in [0.2, 0.25) is 0 Å². The van der Waals surface area contributed by atoms with Gasteiger partial charge in [0.2, 0.25) is 0 Å². The molecule has 3 aromatic rings. The maximum Gasteiger partial charge on any atom is 0.339 e. The van der Waals surface area contributed by atoms with E-state index in [4.69, 9.17) is 10.5 Å². The number of aryl methyl sites for hydroxylation is 1. The number of carbonyl (C=O) groups is 1. The van der Waals surface area contributed by atoms with E-state index in [-0.39, 0.29) is 5.97 Å². The van der Waals surface area contributed by atoms with E-state index < -0.39 is 0 Å². The summed E-state index contributed by atoms with van der Waals surface area (Å²) in [6.45, 7) is 0. The number of ether oxygens (including phenoxy) is 1. The number of hydrogen-bond acceptors (Lipinski definition) is 9. The summed E-state index contributed by atoms with van der Waals surface area (Å²) in [5.41, 5.74) is 7.29. The molecule has 0 saturated heterocycles. The number of carbonyl (C=O) groups excluding carboxylic acids is 1. The first-order chi connectivity index (χ1) is 12.1. The van der Waals surface area contributed by atoms with Gasteiger partial charge in [0.05, 0.1) is 17.4 Å². The maximum absolute atomic E-state index is 11.8. The highest BCUT2D eigenvalue weighted by Crippen LogP contribution is 2.27. The van der Waals surface area contributed by atoms with Crippen LogP contribution in [0.15, 0.2) is 33.9 Å². The zero-order valence-corrected chi connectivity index (χ0v) is 16.1. The van der Waals surface area contributed by atoms with Crippen LogP contribution in [0.5, 0.6) is 0 Å². The largest absolute Gasteiger partial charge is 0.465 e. The van der Waals surface area contributed by atoms with Crippen molar-refractivity contribution >= 4 is 56.7 Å². The van der Waals surface area contributed by atoms with Crippen LogP contribution < -0.4 is 5.73 Å². The number of anilines is 1. The smallest absolute Gasteiger partial charge is 0.339 e. The molecule has 0 aromatic carbocycles. The Kier molecular flexibility index (Phi) is 5.77. The second-order valence-electron chi connectivity index (χ2n) is 5.03. The molecule has 0 fully saturated rings. The number of thiophene rings is 1. The molecule has 0 radical (unpaired) electrons. The van der Waals surface area contributed by atoms with Gasteiger partial charge >= 0.3 is 5.97 Å². The maximum atomic E-state index is 11.8. The van der Waals surface area contributed by atoms with Crippen molar-refractivity contribution < 1.29 is 9.53 Å². The Balaban J connectivity index is 1.71. The van der Waals surface area contributed by atoms with E-state index in [1.165, 1.54) is 42.0 Å². The molecule has 0 aliphatic heterocycles. The summed E-state index contributed by atoms with van der Waals surface area (Å²) in [5, 5.41) is 4.21. The van der Waals surface area contributed by atoms with Crippen LogP contribution in [-0.2, 0) is 11.2 Å². The summed E-state index contributed by atoms with van der Waals surface area (Å²) in [6.07, 6.45) is 4.49. The Bertz CT molecular complexity index is 914. The number of esters is 1. The topological polar surface area (TPSA) is 91.0 Å². The van der Waals surface area contributed by atoms with Crippen molar-refractivity contribution in [3.63, 3.8) is 0 Å². The summed E-state index contributed by atoms with van der Waals surface area (Å²) >= 11 is 4.56.